The second-order valence-corrected chi connectivity index (χ2v) is 7.35. The number of para-hydroxylation sites is 1. The van der Waals surface area contributed by atoms with Crippen LogP contribution in [0.3, 0.4) is 0 Å². The molecule has 2 rings (SSSR count). The third-order valence-corrected chi connectivity index (χ3v) is 4.24. The molecule has 128 valence electrons. The van der Waals surface area contributed by atoms with E-state index in [-0.39, 0.29) is 6.09 Å². The van der Waals surface area contributed by atoms with Crippen molar-refractivity contribution < 1.29 is 9.53 Å². The van der Waals surface area contributed by atoms with Crippen LogP contribution in [0.25, 0.3) is 0 Å². The highest BCUT2D eigenvalue weighted by molar-refractivity contribution is 5.68. The SMILES string of the molecule is CCc1cccc(C)c1NC1CCN(C(=O)OC(C)(C)C)CC1. The fourth-order valence-electron chi connectivity index (χ4n) is 2.97. The van der Waals surface area contributed by atoms with Gasteiger partial charge in [-0.3, -0.25) is 0 Å². The molecule has 0 atom stereocenters. The number of carbonyl (C=O) groups is 1. The van der Waals surface area contributed by atoms with Crippen LogP contribution >= 0.6 is 0 Å². The summed E-state index contributed by atoms with van der Waals surface area (Å²) in [6, 6.07) is 6.87. The van der Waals surface area contributed by atoms with Crippen molar-refractivity contribution in [3.05, 3.63) is 29.3 Å². The van der Waals surface area contributed by atoms with Gasteiger partial charge in [0, 0.05) is 24.8 Å². The maximum absolute atomic E-state index is 12.1. The number of hydrogen-bond donors (Lipinski definition) is 1. The van der Waals surface area contributed by atoms with E-state index >= 15 is 0 Å². The summed E-state index contributed by atoms with van der Waals surface area (Å²) in [4.78, 5) is 13.9. The summed E-state index contributed by atoms with van der Waals surface area (Å²) < 4.78 is 5.45. The minimum Gasteiger partial charge on any atom is -0.444 e. The summed E-state index contributed by atoms with van der Waals surface area (Å²) in [6.45, 7) is 11.6. The van der Waals surface area contributed by atoms with Crippen molar-refractivity contribution in [1.82, 2.24) is 4.90 Å². The maximum atomic E-state index is 12.1. The summed E-state index contributed by atoms with van der Waals surface area (Å²) in [5.41, 5.74) is 3.49. The molecule has 1 fully saturated rings. The quantitative estimate of drug-likeness (QED) is 0.900. The maximum Gasteiger partial charge on any atom is 0.410 e. The van der Waals surface area contributed by atoms with Gasteiger partial charge < -0.3 is 15.0 Å². The van der Waals surface area contributed by atoms with Gasteiger partial charge in [-0.05, 0) is 58.1 Å². The molecule has 1 aliphatic rings. The van der Waals surface area contributed by atoms with E-state index in [4.69, 9.17) is 4.74 Å². The lowest BCUT2D eigenvalue weighted by Crippen LogP contribution is -2.44. The first-order valence-electron chi connectivity index (χ1n) is 8.63. The molecule has 1 aliphatic heterocycles. The fraction of sp³-hybridized carbons (Fsp3) is 0.632. The minimum absolute atomic E-state index is 0.193. The number of ether oxygens (including phenoxy) is 1. The van der Waals surface area contributed by atoms with Gasteiger partial charge in [-0.1, -0.05) is 25.1 Å². The molecular formula is C19H30N2O2. The van der Waals surface area contributed by atoms with E-state index in [2.05, 4.69) is 37.4 Å². The summed E-state index contributed by atoms with van der Waals surface area (Å²) in [5, 5.41) is 3.70. The number of aryl methyl sites for hydroxylation is 2. The molecule has 0 unspecified atom stereocenters. The van der Waals surface area contributed by atoms with Crippen LogP contribution in [0.4, 0.5) is 10.5 Å². The Balaban J connectivity index is 1.92. The van der Waals surface area contributed by atoms with Crippen LogP contribution in [-0.4, -0.2) is 35.7 Å². The highest BCUT2D eigenvalue weighted by Crippen LogP contribution is 2.25. The molecule has 0 bridgehead atoms. The molecule has 0 saturated carbocycles. The van der Waals surface area contributed by atoms with Gasteiger partial charge in [0.05, 0.1) is 0 Å². The topological polar surface area (TPSA) is 41.6 Å². The van der Waals surface area contributed by atoms with Crippen molar-refractivity contribution in [3.8, 4) is 0 Å². The molecular weight excluding hydrogens is 288 g/mol. The van der Waals surface area contributed by atoms with Crippen LogP contribution < -0.4 is 5.32 Å². The highest BCUT2D eigenvalue weighted by atomic mass is 16.6. The van der Waals surface area contributed by atoms with Crippen LogP contribution in [0.1, 0.15) is 51.7 Å². The number of piperidine rings is 1. The Bertz CT molecular complexity index is 541. The Kier molecular flexibility index (Phi) is 5.55. The first kappa shape index (κ1) is 17.6. The number of amides is 1. The lowest BCUT2D eigenvalue weighted by Gasteiger charge is -2.34. The van der Waals surface area contributed by atoms with Crippen molar-refractivity contribution in [2.75, 3.05) is 18.4 Å². The van der Waals surface area contributed by atoms with Crippen LogP contribution in [0.5, 0.6) is 0 Å². The Morgan fingerprint density at radius 2 is 1.96 bits per heavy atom. The van der Waals surface area contributed by atoms with Gasteiger partial charge >= 0.3 is 6.09 Å². The highest BCUT2D eigenvalue weighted by Gasteiger charge is 2.27. The third-order valence-electron chi connectivity index (χ3n) is 4.24. The smallest absolute Gasteiger partial charge is 0.410 e. The molecule has 0 aliphatic carbocycles. The van der Waals surface area contributed by atoms with E-state index in [0.717, 1.165) is 32.4 Å². The molecule has 1 heterocycles. The zero-order valence-electron chi connectivity index (χ0n) is 15.1. The van der Waals surface area contributed by atoms with Crippen LogP contribution in [0.15, 0.2) is 18.2 Å². The van der Waals surface area contributed by atoms with E-state index in [0.29, 0.717) is 6.04 Å². The van der Waals surface area contributed by atoms with Crippen LogP contribution in [0, 0.1) is 6.92 Å². The summed E-state index contributed by atoms with van der Waals surface area (Å²) >= 11 is 0. The lowest BCUT2D eigenvalue weighted by molar-refractivity contribution is 0.0210. The Morgan fingerprint density at radius 1 is 1.30 bits per heavy atom. The van der Waals surface area contributed by atoms with E-state index in [9.17, 15) is 4.79 Å². The molecule has 1 amide bonds. The minimum atomic E-state index is -0.427. The molecule has 0 radical (unpaired) electrons. The molecule has 4 heteroatoms. The van der Waals surface area contributed by atoms with Gasteiger partial charge in [-0.2, -0.15) is 0 Å². The number of anilines is 1. The zero-order valence-corrected chi connectivity index (χ0v) is 15.1. The lowest BCUT2D eigenvalue weighted by atomic mass is 10.0. The Hall–Kier alpha value is -1.71. The number of nitrogens with one attached hydrogen (secondary N) is 1. The standard InChI is InChI=1S/C19H30N2O2/c1-6-15-9-7-8-14(2)17(15)20-16-10-12-21(13-11-16)18(22)23-19(3,4)5/h7-9,16,20H,6,10-13H2,1-5H3. The molecule has 0 aromatic heterocycles. The molecule has 1 N–H and O–H groups in total. The normalized spacial score (nSPS) is 16.3. The van der Waals surface area contributed by atoms with Crippen molar-refractivity contribution in [2.24, 2.45) is 0 Å². The van der Waals surface area contributed by atoms with Gasteiger partial charge in [0.1, 0.15) is 5.60 Å². The van der Waals surface area contributed by atoms with Crippen molar-refractivity contribution in [1.29, 1.82) is 0 Å². The molecule has 1 saturated heterocycles. The predicted octanol–water partition coefficient (Wildman–Crippen LogP) is 4.37. The summed E-state index contributed by atoms with van der Waals surface area (Å²) in [7, 11) is 0. The molecule has 1 aromatic rings. The fourth-order valence-corrected chi connectivity index (χ4v) is 2.97. The van der Waals surface area contributed by atoms with Gasteiger partial charge in [-0.25, -0.2) is 4.79 Å². The number of benzene rings is 1. The summed E-state index contributed by atoms with van der Waals surface area (Å²) in [5.74, 6) is 0. The van der Waals surface area contributed by atoms with Gasteiger partial charge in [0.2, 0.25) is 0 Å². The monoisotopic (exact) mass is 318 g/mol. The number of rotatable bonds is 3. The van der Waals surface area contributed by atoms with E-state index in [1.165, 1.54) is 16.8 Å². The van der Waals surface area contributed by atoms with E-state index in [1.54, 1.807) is 0 Å². The first-order valence-corrected chi connectivity index (χ1v) is 8.63. The van der Waals surface area contributed by atoms with Crippen molar-refractivity contribution in [2.45, 2.75) is 65.5 Å². The molecule has 0 spiro atoms. The Morgan fingerprint density at radius 3 is 2.52 bits per heavy atom. The van der Waals surface area contributed by atoms with Gasteiger partial charge in [0.25, 0.3) is 0 Å². The molecule has 1 aromatic carbocycles. The van der Waals surface area contributed by atoms with Gasteiger partial charge in [0.15, 0.2) is 0 Å². The average Bonchev–Trinajstić information content (AvgIpc) is 2.48. The van der Waals surface area contributed by atoms with Crippen LogP contribution in [0.2, 0.25) is 0 Å². The number of likely N-dealkylation sites (tertiary alicyclic amines) is 1. The number of hydrogen-bond acceptors (Lipinski definition) is 3. The first-order chi connectivity index (χ1) is 10.8. The van der Waals surface area contributed by atoms with Crippen LogP contribution in [-0.2, 0) is 11.2 Å². The average molecular weight is 318 g/mol. The molecule has 4 nitrogen and oxygen atoms in total. The van der Waals surface area contributed by atoms with E-state index in [1.807, 2.05) is 25.7 Å². The van der Waals surface area contributed by atoms with Gasteiger partial charge in [-0.15, -0.1) is 0 Å². The predicted molar refractivity (Wildman–Crippen MR) is 95.0 cm³/mol. The second kappa shape index (κ2) is 7.24. The largest absolute Gasteiger partial charge is 0.444 e. The van der Waals surface area contributed by atoms with Crippen molar-refractivity contribution >= 4 is 11.8 Å². The van der Waals surface area contributed by atoms with Crippen molar-refractivity contribution in [3.63, 3.8) is 0 Å². The third kappa shape index (κ3) is 4.88. The van der Waals surface area contributed by atoms with E-state index < -0.39 is 5.60 Å². The zero-order chi connectivity index (χ0) is 17.0. The second-order valence-electron chi connectivity index (χ2n) is 7.35. The Labute approximate surface area is 140 Å². The molecule has 23 heavy (non-hydrogen) atoms. The number of nitrogens with zero attached hydrogens (tertiary/aromatic N) is 1. The summed E-state index contributed by atoms with van der Waals surface area (Å²) in [6.07, 6.45) is 2.75. The number of carbonyl (C=O) groups excluding carboxylic acids is 1.